The van der Waals surface area contributed by atoms with Crippen LogP contribution in [0.2, 0.25) is 0 Å². The van der Waals surface area contributed by atoms with Crippen molar-refractivity contribution in [3.8, 4) is 22.8 Å². The number of nitro groups is 1. The van der Waals surface area contributed by atoms with Gasteiger partial charge >= 0.3 is 5.97 Å². The number of methoxy groups -OCH3 is 2. The highest BCUT2D eigenvalue weighted by atomic mass is 32.1. The third-order valence-electron chi connectivity index (χ3n) is 6.46. The zero-order valence-corrected chi connectivity index (χ0v) is 23.4. The van der Waals surface area contributed by atoms with E-state index < -0.39 is 16.9 Å². The van der Waals surface area contributed by atoms with Gasteiger partial charge in [0.1, 0.15) is 17.6 Å². The number of rotatable bonds is 8. The molecule has 0 aliphatic carbocycles. The summed E-state index contributed by atoms with van der Waals surface area (Å²) in [5.41, 5.74) is 1.27. The Kier molecular flexibility index (Phi) is 7.58. The molecule has 0 spiro atoms. The fourth-order valence-corrected chi connectivity index (χ4v) is 5.63. The van der Waals surface area contributed by atoms with Crippen molar-refractivity contribution in [1.82, 2.24) is 4.57 Å². The van der Waals surface area contributed by atoms with Crippen molar-refractivity contribution >= 4 is 29.1 Å². The first kappa shape index (κ1) is 27.6. The average molecular weight is 576 g/mol. The van der Waals surface area contributed by atoms with Gasteiger partial charge in [0, 0.05) is 17.7 Å². The molecule has 1 aliphatic rings. The number of thiazole rings is 1. The summed E-state index contributed by atoms with van der Waals surface area (Å²) in [6.45, 7) is 3.49. The molecule has 0 saturated carbocycles. The van der Waals surface area contributed by atoms with E-state index in [1.54, 1.807) is 62.4 Å². The summed E-state index contributed by atoms with van der Waals surface area (Å²) in [4.78, 5) is 42.7. The predicted molar refractivity (Wildman–Crippen MR) is 151 cm³/mol. The van der Waals surface area contributed by atoms with E-state index in [1.165, 1.54) is 42.3 Å². The monoisotopic (exact) mass is 575 g/mol. The summed E-state index contributed by atoms with van der Waals surface area (Å²) in [6, 6.07) is 13.6. The number of carbonyl (C=O) groups excluding carboxylic acids is 1. The highest BCUT2D eigenvalue weighted by Gasteiger charge is 2.35. The lowest BCUT2D eigenvalue weighted by atomic mass is 10.0. The van der Waals surface area contributed by atoms with Crippen molar-refractivity contribution in [2.45, 2.75) is 19.9 Å². The molecule has 1 aliphatic heterocycles. The molecule has 0 radical (unpaired) electrons. The fraction of sp³-hybridized carbons (Fsp3) is 0.207. The summed E-state index contributed by atoms with van der Waals surface area (Å²) < 4.78 is 23.9. The standard InChI is InChI=1S/C29H25N3O8S/c1-5-39-28(34)25-16(2)30-29-31(27(33)24(41-29)14-17-9-10-21(37-3)23(13-17)38-4)26(25)22-12-11-20(40-22)18-7-6-8-19(15-18)32(35)36/h6-15,26H,5H2,1-4H3/b24-14-/t26-/m1/s1. The van der Waals surface area contributed by atoms with Gasteiger partial charge in [0.2, 0.25) is 0 Å². The molecule has 0 N–H and O–H groups in total. The molecular weight excluding hydrogens is 550 g/mol. The Hall–Kier alpha value is -4.97. The topological polar surface area (TPSA) is 135 Å². The van der Waals surface area contributed by atoms with Crippen molar-refractivity contribution < 1.29 is 28.3 Å². The lowest BCUT2D eigenvalue weighted by Gasteiger charge is -2.22. The molecule has 0 unspecified atom stereocenters. The van der Waals surface area contributed by atoms with E-state index in [4.69, 9.17) is 18.6 Å². The van der Waals surface area contributed by atoms with Gasteiger partial charge in [0.25, 0.3) is 11.2 Å². The number of non-ortho nitro benzene ring substituents is 1. The number of hydrogen-bond donors (Lipinski definition) is 0. The lowest BCUT2D eigenvalue weighted by molar-refractivity contribution is -0.384. The number of esters is 1. The number of carbonyl (C=O) groups is 1. The van der Waals surface area contributed by atoms with Crippen LogP contribution >= 0.6 is 11.3 Å². The smallest absolute Gasteiger partial charge is 0.338 e. The van der Waals surface area contributed by atoms with E-state index in [2.05, 4.69) is 4.99 Å². The van der Waals surface area contributed by atoms with Crippen LogP contribution in [0.4, 0.5) is 5.69 Å². The first-order chi connectivity index (χ1) is 19.7. The summed E-state index contributed by atoms with van der Waals surface area (Å²) >= 11 is 1.17. The van der Waals surface area contributed by atoms with Crippen LogP contribution in [-0.4, -0.2) is 36.3 Å². The van der Waals surface area contributed by atoms with Gasteiger partial charge in [-0.25, -0.2) is 9.79 Å². The quantitative estimate of drug-likeness (QED) is 0.175. The number of nitro benzene ring substituents is 1. The Morgan fingerprint density at radius 3 is 2.63 bits per heavy atom. The van der Waals surface area contributed by atoms with Crippen molar-refractivity contribution in [2.24, 2.45) is 4.99 Å². The number of nitrogens with zero attached hydrogens (tertiary/aromatic N) is 3. The van der Waals surface area contributed by atoms with Gasteiger partial charge in [0.15, 0.2) is 16.3 Å². The first-order valence-corrected chi connectivity index (χ1v) is 13.3. The maximum Gasteiger partial charge on any atom is 0.338 e. The van der Waals surface area contributed by atoms with Crippen molar-refractivity contribution in [3.63, 3.8) is 0 Å². The van der Waals surface area contributed by atoms with E-state index in [1.807, 2.05) is 0 Å². The van der Waals surface area contributed by atoms with Crippen LogP contribution < -0.4 is 24.4 Å². The van der Waals surface area contributed by atoms with Gasteiger partial charge in [-0.2, -0.15) is 0 Å². The molecule has 1 atom stereocenters. The molecule has 3 heterocycles. The summed E-state index contributed by atoms with van der Waals surface area (Å²) in [7, 11) is 3.07. The van der Waals surface area contributed by atoms with Crippen molar-refractivity contribution in [3.05, 3.63) is 107 Å². The van der Waals surface area contributed by atoms with Gasteiger partial charge in [-0.1, -0.05) is 29.5 Å². The minimum atomic E-state index is -0.967. The van der Waals surface area contributed by atoms with E-state index in [0.717, 1.165) is 0 Å². The predicted octanol–water partition coefficient (Wildman–Crippen LogP) is 3.98. The Morgan fingerprint density at radius 1 is 1.15 bits per heavy atom. The van der Waals surface area contributed by atoms with Gasteiger partial charge in [-0.15, -0.1) is 0 Å². The maximum absolute atomic E-state index is 13.8. The van der Waals surface area contributed by atoms with Gasteiger partial charge in [0.05, 0.1) is 41.6 Å². The lowest BCUT2D eigenvalue weighted by Crippen LogP contribution is -2.39. The normalized spacial score (nSPS) is 14.8. The summed E-state index contributed by atoms with van der Waals surface area (Å²) in [6.07, 6.45) is 1.71. The van der Waals surface area contributed by atoms with E-state index in [0.29, 0.717) is 43.4 Å². The number of fused-ring (bicyclic) bond motifs is 1. The molecule has 0 bridgehead atoms. The Balaban J connectivity index is 1.67. The van der Waals surface area contributed by atoms with E-state index in [9.17, 15) is 19.7 Å². The average Bonchev–Trinajstić information content (AvgIpc) is 3.57. The summed E-state index contributed by atoms with van der Waals surface area (Å²) in [5, 5.41) is 11.3. The largest absolute Gasteiger partial charge is 0.493 e. The third kappa shape index (κ3) is 5.16. The van der Waals surface area contributed by atoms with Gasteiger partial charge < -0.3 is 18.6 Å². The second kappa shape index (κ2) is 11.3. The Labute approximate surface area is 237 Å². The molecule has 5 rings (SSSR count). The zero-order chi connectivity index (χ0) is 29.3. The second-order valence-corrected chi connectivity index (χ2v) is 9.94. The fourth-order valence-electron chi connectivity index (χ4n) is 4.58. The second-order valence-electron chi connectivity index (χ2n) is 8.93. The Bertz CT molecular complexity index is 1880. The molecule has 11 nitrogen and oxygen atoms in total. The molecule has 41 heavy (non-hydrogen) atoms. The molecular formula is C29H25N3O8S. The minimum Gasteiger partial charge on any atom is -0.493 e. The summed E-state index contributed by atoms with van der Waals surface area (Å²) in [5.74, 6) is 1.06. The molecule has 2 aromatic carbocycles. The third-order valence-corrected chi connectivity index (χ3v) is 7.44. The van der Waals surface area contributed by atoms with Crippen LogP contribution in [0.25, 0.3) is 17.4 Å². The van der Waals surface area contributed by atoms with Gasteiger partial charge in [-0.3, -0.25) is 19.5 Å². The molecule has 210 valence electrons. The number of ether oxygens (including phenoxy) is 3. The molecule has 0 amide bonds. The highest BCUT2D eigenvalue weighted by Crippen LogP contribution is 2.35. The van der Waals surface area contributed by atoms with Crippen molar-refractivity contribution in [1.29, 1.82) is 0 Å². The molecule has 12 heteroatoms. The number of benzene rings is 2. The molecule has 4 aromatic rings. The Morgan fingerprint density at radius 2 is 1.93 bits per heavy atom. The first-order valence-electron chi connectivity index (χ1n) is 12.5. The number of aromatic nitrogens is 1. The minimum absolute atomic E-state index is 0.0912. The van der Waals surface area contributed by atoms with Crippen LogP contribution in [0.15, 0.2) is 80.1 Å². The maximum atomic E-state index is 13.8. The van der Waals surface area contributed by atoms with Crippen LogP contribution in [0.5, 0.6) is 11.5 Å². The van der Waals surface area contributed by atoms with Crippen LogP contribution in [-0.2, 0) is 9.53 Å². The van der Waals surface area contributed by atoms with Crippen LogP contribution in [0, 0.1) is 10.1 Å². The SMILES string of the molecule is CCOC(=O)C1=C(C)N=c2s/c(=C\c3ccc(OC)c(OC)c3)c(=O)n2[C@@H]1c1ccc(-c2cccc([N+](=O)[O-])c2)o1. The number of allylic oxidation sites excluding steroid dienone is 1. The highest BCUT2D eigenvalue weighted by molar-refractivity contribution is 7.07. The number of hydrogen-bond acceptors (Lipinski definition) is 10. The molecule has 0 fully saturated rings. The van der Waals surface area contributed by atoms with Crippen LogP contribution in [0.1, 0.15) is 31.2 Å². The van der Waals surface area contributed by atoms with E-state index >= 15 is 0 Å². The number of furan rings is 1. The zero-order valence-electron chi connectivity index (χ0n) is 22.6. The molecule has 0 saturated heterocycles. The van der Waals surface area contributed by atoms with Gasteiger partial charge in [-0.05, 0) is 49.8 Å². The van der Waals surface area contributed by atoms with E-state index in [-0.39, 0.29) is 29.2 Å². The molecule has 2 aromatic heterocycles. The van der Waals surface area contributed by atoms with Crippen molar-refractivity contribution in [2.75, 3.05) is 20.8 Å². The van der Waals surface area contributed by atoms with Crippen LogP contribution in [0.3, 0.4) is 0 Å².